The highest BCUT2D eigenvalue weighted by Gasteiger charge is 2.05. The lowest BCUT2D eigenvalue weighted by Gasteiger charge is -2.05. The van der Waals surface area contributed by atoms with E-state index in [2.05, 4.69) is 13.8 Å². The fourth-order valence-corrected chi connectivity index (χ4v) is 0.946. The molecule has 0 aliphatic heterocycles. The molecule has 0 bridgehead atoms. The van der Waals surface area contributed by atoms with Gasteiger partial charge in [-0.25, -0.2) is 0 Å². The van der Waals surface area contributed by atoms with Crippen LogP contribution in [0.3, 0.4) is 0 Å². The Morgan fingerprint density at radius 3 is 1.91 bits per heavy atom. The van der Waals surface area contributed by atoms with Crippen molar-refractivity contribution < 1.29 is 4.79 Å². The highest BCUT2D eigenvalue weighted by Crippen LogP contribution is 2.12. The lowest BCUT2D eigenvalue weighted by Crippen LogP contribution is -2.02. The maximum absolute atomic E-state index is 10.5. The summed E-state index contributed by atoms with van der Waals surface area (Å²) in [6, 6.07) is 0. The van der Waals surface area contributed by atoms with E-state index in [0.29, 0.717) is 5.78 Å². The molecule has 0 aromatic rings. The zero-order chi connectivity index (χ0) is 8.53. The molecule has 0 aromatic carbocycles. The zero-order valence-electron chi connectivity index (χ0n) is 7.57. The van der Waals surface area contributed by atoms with Crippen LogP contribution in [-0.2, 0) is 4.79 Å². The van der Waals surface area contributed by atoms with Gasteiger partial charge in [-0.1, -0.05) is 33.1 Å². The first-order valence-corrected chi connectivity index (χ1v) is 4.62. The maximum Gasteiger partial charge on any atom is 0.132 e. The van der Waals surface area contributed by atoms with E-state index in [-0.39, 0.29) is 0 Å². The molecule has 1 saturated carbocycles. The highest BCUT2D eigenvalue weighted by molar-refractivity contribution is 5.78. The molecule has 1 fully saturated rings. The van der Waals surface area contributed by atoms with Crippen LogP contribution in [0, 0.1) is 6.92 Å². The van der Waals surface area contributed by atoms with Crippen LogP contribution in [0.2, 0.25) is 0 Å². The van der Waals surface area contributed by atoms with Gasteiger partial charge in [0.2, 0.25) is 0 Å². The molecule has 0 N–H and O–H groups in total. The SMILES string of the molecule is O=C1CCCCC1.[CH2]CCC. The Morgan fingerprint density at radius 1 is 1.27 bits per heavy atom. The van der Waals surface area contributed by atoms with Gasteiger partial charge in [-0.2, -0.15) is 0 Å². The van der Waals surface area contributed by atoms with Crippen molar-refractivity contribution in [3.63, 3.8) is 0 Å². The Balaban J connectivity index is 0.000000218. The van der Waals surface area contributed by atoms with Crippen molar-refractivity contribution in [2.45, 2.75) is 51.9 Å². The first kappa shape index (κ1) is 10.7. The first-order valence-electron chi connectivity index (χ1n) is 4.62. The van der Waals surface area contributed by atoms with Crippen molar-refractivity contribution in [1.82, 2.24) is 0 Å². The molecular weight excluding hydrogens is 136 g/mol. The molecule has 65 valence electrons. The number of hydrogen-bond acceptors (Lipinski definition) is 1. The lowest BCUT2D eigenvalue weighted by molar-refractivity contribution is -0.120. The number of unbranched alkanes of at least 4 members (excludes halogenated alkanes) is 1. The molecule has 1 nitrogen and oxygen atoms in total. The average molecular weight is 155 g/mol. The molecular formula is C10H19O. The third-order valence-electron chi connectivity index (χ3n) is 1.76. The summed E-state index contributed by atoms with van der Waals surface area (Å²) < 4.78 is 0. The molecule has 0 amide bonds. The van der Waals surface area contributed by atoms with Crippen LogP contribution in [0.15, 0.2) is 0 Å². The number of carbonyl (C=O) groups is 1. The summed E-state index contributed by atoms with van der Waals surface area (Å²) in [5, 5.41) is 0. The number of ketones is 1. The molecule has 0 spiro atoms. The quantitative estimate of drug-likeness (QED) is 0.568. The number of rotatable bonds is 1. The third kappa shape index (κ3) is 7.57. The van der Waals surface area contributed by atoms with Crippen molar-refractivity contribution in [3.05, 3.63) is 6.92 Å². The van der Waals surface area contributed by atoms with E-state index in [9.17, 15) is 4.79 Å². The van der Waals surface area contributed by atoms with Gasteiger partial charge in [0.15, 0.2) is 0 Å². The predicted molar refractivity (Wildman–Crippen MR) is 48.4 cm³/mol. The standard InChI is InChI=1S/C6H10O.C4H9/c7-6-4-2-1-3-5-6;1-3-4-2/h1-5H2;1,3-4H2,2H3. The van der Waals surface area contributed by atoms with Crippen molar-refractivity contribution in [3.8, 4) is 0 Å². The van der Waals surface area contributed by atoms with E-state index in [1.54, 1.807) is 0 Å². The maximum atomic E-state index is 10.5. The molecule has 0 saturated heterocycles. The van der Waals surface area contributed by atoms with Gasteiger partial charge >= 0.3 is 0 Å². The van der Waals surface area contributed by atoms with Gasteiger partial charge in [-0.3, -0.25) is 4.79 Å². The summed E-state index contributed by atoms with van der Waals surface area (Å²) >= 11 is 0. The topological polar surface area (TPSA) is 17.1 Å². The summed E-state index contributed by atoms with van der Waals surface area (Å²) in [6.07, 6.45) is 7.52. The van der Waals surface area contributed by atoms with Gasteiger partial charge < -0.3 is 0 Å². The minimum atomic E-state index is 0.464. The molecule has 1 rings (SSSR count). The molecule has 1 aliphatic rings. The van der Waals surface area contributed by atoms with E-state index >= 15 is 0 Å². The monoisotopic (exact) mass is 155 g/mol. The van der Waals surface area contributed by atoms with E-state index in [1.165, 1.54) is 12.8 Å². The molecule has 1 aliphatic carbocycles. The number of Topliss-reactive ketones (excluding diaryl/α,β-unsaturated/α-hetero) is 1. The van der Waals surface area contributed by atoms with Gasteiger partial charge in [0, 0.05) is 12.8 Å². The summed E-state index contributed by atoms with van der Waals surface area (Å²) in [6.45, 7) is 5.72. The molecule has 0 heterocycles. The second kappa shape index (κ2) is 7.77. The summed E-state index contributed by atoms with van der Waals surface area (Å²) in [7, 11) is 0. The molecule has 1 radical (unpaired) electrons. The largest absolute Gasteiger partial charge is 0.300 e. The van der Waals surface area contributed by atoms with Gasteiger partial charge in [-0.05, 0) is 12.8 Å². The Labute approximate surface area is 70.2 Å². The number of carbonyl (C=O) groups excluding carboxylic acids is 1. The van der Waals surface area contributed by atoms with E-state index in [0.717, 1.165) is 32.1 Å². The van der Waals surface area contributed by atoms with Gasteiger partial charge in [0.1, 0.15) is 5.78 Å². The summed E-state index contributed by atoms with van der Waals surface area (Å²) in [4.78, 5) is 10.5. The Hall–Kier alpha value is -0.330. The fourth-order valence-electron chi connectivity index (χ4n) is 0.946. The van der Waals surface area contributed by atoms with Crippen LogP contribution in [0.25, 0.3) is 0 Å². The van der Waals surface area contributed by atoms with Gasteiger partial charge in [0.05, 0.1) is 0 Å². The Bertz CT molecular complexity index is 87.0. The van der Waals surface area contributed by atoms with E-state index in [4.69, 9.17) is 0 Å². The second-order valence-electron chi connectivity index (χ2n) is 2.95. The Morgan fingerprint density at radius 2 is 1.73 bits per heavy atom. The van der Waals surface area contributed by atoms with Crippen LogP contribution in [-0.4, -0.2) is 5.78 Å². The van der Waals surface area contributed by atoms with Gasteiger partial charge in [0.25, 0.3) is 0 Å². The first-order chi connectivity index (χ1) is 5.31. The Kier molecular flexibility index (Phi) is 7.54. The fraction of sp³-hybridized carbons (Fsp3) is 0.800. The third-order valence-corrected chi connectivity index (χ3v) is 1.76. The minimum Gasteiger partial charge on any atom is -0.300 e. The molecule has 11 heavy (non-hydrogen) atoms. The smallest absolute Gasteiger partial charge is 0.132 e. The molecule has 0 aromatic heterocycles. The van der Waals surface area contributed by atoms with Crippen LogP contribution in [0.5, 0.6) is 0 Å². The van der Waals surface area contributed by atoms with Crippen molar-refractivity contribution >= 4 is 5.78 Å². The predicted octanol–water partition coefficient (Wildman–Crippen LogP) is 3.14. The van der Waals surface area contributed by atoms with E-state index in [1.807, 2.05) is 0 Å². The molecule has 0 unspecified atom stereocenters. The summed E-state index contributed by atoms with van der Waals surface area (Å²) in [5.41, 5.74) is 0. The molecule has 1 heteroatoms. The van der Waals surface area contributed by atoms with Crippen molar-refractivity contribution in [2.24, 2.45) is 0 Å². The zero-order valence-corrected chi connectivity index (χ0v) is 7.57. The highest BCUT2D eigenvalue weighted by atomic mass is 16.1. The average Bonchev–Trinajstić information content (AvgIpc) is 2.07. The number of hydrogen-bond donors (Lipinski definition) is 0. The van der Waals surface area contributed by atoms with Crippen LogP contribution in [0.1, 0.15) is 51.9 Å². The molecule has 0 atom stereocenters. The lowest BCUT2D eigenvalue weighted by atomic mass is 10.00. The van der Waals surface area contributed by atoms with Gasteiger partial charge in [-0.15, -0.1) is 0 Å². The van der Waals surface area contributed by atoms with Crippen LogP contribution < -0.4 is 0 Å². The second-order valence-corrected chi connectivity index (χ2v) is 2.95. The van der Waals surface area contributed by atoms with Crippen LogP contribution >= 0.6 is 0 Å². The van der Waals surface area contributed by atoms with Crippen molar-refractivity contribution in [1.29, 1.82) is 0 Å². The van der Waals surface area contributed by atoms with E-state index < -0.39 is 0 Å². The normalized spacial score (nSPS) is 17.1. The summed E-state index contributed by atoms with van der Waals surface area (Å²) in [5.74, 6) is 0.464. The van der Waals surface area contributed by atoms with Crippen molar-refractivity contribution in [2.75, 3.05) is 0 Å². The minimum absolute atomic E-state index is 0.464. The van der Waals surface area contributed by atoms with Crippen LogP contribution in [0.4, 0.5) is 0 Å².